The SMILES string of the molecule is O=C(c1ccccc1)c1ccc(C(Cl)c2ccccc2)cc1. The van der Waals surface area contributed by atoms with Gasteiger partial charge in [0.25, 0.3) is 0 Å². The van der Waals surface area contributed by atoms with Crippen LogP contribution in [0, 0.1) is 0 Å². The van der Waals surface area contributed by atoms with Crippen molar-refractivity contribution in [2.45, 2.75) is 5.38 Å². The highest BCUT2D eigenvalue weighted by molar-refractivity contribution is 6.22. The second-order valence-corrected chi connectivity index (χ2v) is 5.53. The van der Waals surface area contributed by atoms with Crippen molar-refractivity contribution in [1.82, 2.24) is 0 Å². The second kappa shape index (κ2) is 6.59. The van der Waals surface area contributed by atoms with Gasteiger partial charge in [0.1, 0.15) is 0 Å². The summed E-state index contributed by atoms with van der Waals surface area (Å²) in [5, 5.41) is -0.206. The second-order valence-electron chi connectivity index (χ2n) is 5.09. The van der Waals surface area contributed by atoms with Crippen molar-refractivity contribution in [3.8, 4) is 0 Å². The Labute approximate surface area is 135 Å². The maximum Gasteiger partial charge on any atom is 0.193 e. The molecule has 3 aromatic carbocycles. The summed E-state index contributed by atoms with van der Waals surface area (Å²) in [5.41, 5.74) is 3.40. The van der Waals surface area contributed by atoms with Gasteiger partial charge in [-0.2, -0.15) is 0 Å². The van der Waals surface area contributed by atoms with Crippen LogP contribution in [0.25, 0.3) is 0 Å². The summed E-state index contributed by atoms with van der Waals surface area (Å²) >= 11 is 6.50. The number of alkyl halides is 1. The summed E-state index contributed by atoms with van der Waals surface area (Å²) < 4.78 is 0. The molecule has 1 atom stereocenters. The van der Waals surface area contributed by atoms with E-state index in [0.29, 0.717) is 11.1 Å². The monoisotopic (exact) mass is 306 g/mol. The standard InChI is InChI=1S/C20H15ClO/c21-19(15-7-3-1-4-8-15)16-11-13-18(14-12-16)20(22)17-9-5-2-6-10-17/h1-14,19H. The molecule has 0 N–H and O–H groups in total. The van der Waals surface area contributed by atoms with Crippen molar-refractivity contribution in [1.29, 1.82) is 0 Å². The van der Waals surface area contributed by atoms with Crippen LogP contribution in [-0.4, -0.2) is 5.78 Å². The van der Waals surface area contributed by atoms with Crippen molar-refractivity contribution in [2.24, 2.45) is 0 Å². The van der Waals surface area contributed by atoms with Gasteiger partial charge in [-0.25, -0.2) is 0 Å². The average Bonchev–Trinajstić information content (AvgIpc) is 2.62. The topological polar surface area (TPSA) is 17.1 Å². The van der Waals surface area contributed by atoms with Gasteiger partial charge in [-0.05, 0) is 11.1 Å². The zero-order valence-electron chi connectivity index (χ0n) is 11.9. The maximum atomic E-state index is 12.4. The molecule has 3 aromatic rings. The Kier molecular flexibility index (Phi) is 4.36. The lowest BCUT2D eigenvalue weighted by Crippen LogP contribution is -2.01. The van der Waals surface area contributed by atoms with Crippen molar-refractivity contribution in [3.05, 3.63) is 107 Å². The lowest BCUT2D eigenvalue weighted by molar-refractivity contribution is 0.103. The fraction of sp³-hybridized carbons (Fsp3) is 0.0500. The maximum absolute atomic E-state index is 12.4. The van der Waals surface area contributed by atoms with Crippen LogP contribution in [-0.2, 0) is 0 Å². The highest BCUT2D eigenvalue weighted by Crippen LogP contribution is 2.28. The molecular weight excluding hydrogens is 292 g/mol. The van der Waals surface area contributed by atoms with E-state index in [2.05, 4.69) is 0 Å². The number of benzene rings is 3. The Morgan fingerprint density at radius 3 is 1.68 bits per heavy atom. The van der Waals surface area contributed by atoms with Gasteiger partial charge in [-0.15, -0.1) is 11.6 Å². The van der Waals surface area contributed by atoms with E-state index >= 15 is 0 Å². The van der Waals surface area contributed by atoms with E-state index < -0.39 is 0 Å². The van der Waals surface area contributed by atoms with Crippen LogP contribution in [0.5, 0.6) is 0 Å². The minimum Gasteiger partial charge on any atom is -0.289 e. The van der Waals surface area contributed by atoms with E-state index in [4.69, 9.17) is 11.6 Å². The van der Waals surface area contributed by atoms with Gasteiger partial charge in [0.15, 0.2) is 5.78 Å². The Morgan fingerprint density at radius 2 is 1.09 bits per heavy atom. The van der Waals surface area contributed by atoms with Crippen molar-refractivity contribution in [2.75, 3.05) is 0 Å². The normalized spacial score (nSPS) is 11.9. The van der Waals surface area contributed by atoms with Gasteiger partial charge in [-0.3, -0.25) is 4.79 Å². The molecule has 0 heterocycles. The molecule has 0 aliphatic rings. The van der Waals surface area contributed by atoms with Crippen LogP contribution in [0.2, 0.25) is 0 Å². The molecule has 0 radical (unpaired) electrons. The summed E-state index contributed by atoms with van der Waals surface area (Å²) in [7, 11) is 0. The summed E-state index contributed by atoms with van der Waals surface area (Å²) in [6.07, 6.45) is 0. The summed E-state index contributed by atoms with van der Waals surface area (Å²) in [5.74, 6) is 0.0259. The fourth-order valence-corrected chi connectivity index (χ4v) is 2.67. The van der Waals surface area contributed by atoms with Crippen LogP contribution in [0.1, 0.15) is 32.4 Å². The molecule has 0 amide bonds. The number of carbonyl (C=O) groups is 1. The largest absolute Gasteiger partial charge is 0.289 e. The Morgan fingerprint density at radius 1 is 0.636 bits per heavy atom. The van der Waals surface area contributed by atoms with E-state index in [1.165, 1.54) is 0 Å². The molecule has 22 heavy (non-hydrogen) atoms. The van der Waals surface area contributed by atoms with Crippen LogP contribution >= 0.6 is 11.6 Å². The summed E-state index contributed by atoms with van der Waals surface area (Å²) in [6.45, 7) is 0. The first-order valence-corrected chi connectivity index (χ1v) is 7.58. The number of halogens is 1. The molecule has 0 bridgehead atoms. The molecule has 0 saturated carbocycles. The van der Waals surface area contributed by atoms with Gasteiger partial charge < -0.3 is 0 Å². The zero-order valence-corrected chi connectivity index (χ0v) is 12.7. The molecule has 108 valence electrons. The van der Waals surface area contributed by atoms with Crippen molar-refractivity contribution >= 4 is 17.4 Å². The third kappa shape index (κ3) is 3.10. The predicted octanol–water partition coefficient (Wildman–Crippen LogP) is 5.25. The first-order valence-electron chi connectivity index (χ1n) is 7.14. The van der Waals surface area contributed by atoms with Crippen LogP contribution in [0.3, 0.4) is 0 Å². The van der Waals surface area contributed by atoms with Gasteiger partial charge in [0.2, 0.25) is 0 Å². The number of hydrogen-bond donors (Lipinski definition) is 0. The molecule has 1 nitrogen and oxygen atoms in total. The van der Waals surface area contributed by atoms with Crippen molar-refractivity contribution < 1.29 is 4.79 Å². The number of ketones is 1. The fourth-order valence-electron chi connectivity index (χ4n) is 2.37. The molecule has 0 fully saturated rings. The molecule has 0 aliphatic heterocycles. The Bertz CT molecular complexity index is 749. The van der Waals surface area contributed by atoms with Crippen LogP contribution in [0.4, 0.5) is 0 Å². The molecule has 2 heteroatoms. The smallest absolute Gasteiger partial charge is 0.193 e. The minimum absolute atomic E-state index is 0.0259. The lowest BCUT2D eigenvalue weighted by Gasteiger charge is -2.11. The molecule has 0 spiro atoms. The van der Waals surface area contributed by atoms with E-state index in [0.717, 1.165) is 11.1 Å². The first-order chi connectivity index (χ1) is 10.8. The minimum atomic E-state index is -0.206. The first kappa shape index (κ1) is 14.6. The van der Waals surface area contributed by atoms with Gasteiger partial charge in [0, 0.05) is 11.1 Å². The van der Waals surface area contributed by atoms with E-state index in [-0.39, 0.29) is 11.2 Å². The lowest BCUT2D eigenvalue weighted by atomic mass is 9.99. The van der Waals surface area contributed by atoms with Gasteiger partial charge in [-0.1, -0.05) is 84.9 Å². The molecule has 0 saturated heterocycles. The van der Waals surface area contributed by atoms with Crippen LogP contribution < -0.4 is 0 Å². The molecule has 0 aliphatic carbocycles. The number of hydrogen-bond acceptors (Lipinski definition) is 1. The van der Waals surface area contributed by atoms with E-state index in [1.54, 1.807) is 0 Å². The molecular formula is C20H15ClO. The van der Waals surface area contributed by atoms with Crippen LogP contribution in [0.15, 0.2) is 84.9 Å². The zero-order chi connectivity index (χ0) is 15.4. The Balaban J connectivity index is 1.83. The molecule has 0 aromatic heterocycles. The number of carbonyl (C=O) groups excluding carboxylic acids is 1. The summed E-state index contributed by atoms with van der Waals surface area (Å²) in [4.78, 5) is 12.4. The highest BCUT2D eigenvalue weighted by atomic mass is 35.5. The highest BCUT2D eigenvalue weighted by Gasteiger charge is 2.12. The van der Waals surface area contributed by atoms with E-state index in [9.17, 15) is 4.79 Å². The van der Waals surface area contributed by atoms with Crippen molar-refractivity contribution in [3.63, 3.8) is 0 Å². The van der Waals surface area contributed by atoms with Gasteiger partial charge in [0.05, 0.1) is 5.38 Å². The Hall–Kier alpha value is -2.38. The predicted molar refractivity (Wildman–Crippen MR) is 90.5 cm³/mol. The summed E-state index contributed by atoms with van der Waals surface area (Å²) in [6, 6.07) is 26.7. The quantitative estimate of drug-likeness (QED) is 0.475. The number of rotatable bonds is 4. The van der Waals surface area contributed by atoms with Gasteiger partial charge >= 0.3 is 0 Å². The third-order valence-electron chi connectivity index (χ3n) is 3.59. The molecule has 3 rings (SSSR count). The third-order valence-corrected chi connectivity index (χ3v) is 4.10. The molecule has 1 unspecified atom stereocenters. The van der Waals surface area contributed by atoms with E-state index in [1.807, 2.05) is 84.9 Å². The average molecular weight is 307 g/mol.